The maximum absolute atomic E-state index is 12.0. The molecule has 0 spiro atoms. The molecule has 0 N–H and O–H groups in total. The van der Waals surface area contributed by atoms with E-state index in [1.54, 1.807) is 0 Å². The smallest absolute Gasteiger partial charge is 0.358 e. The molecule has 0 unspecified atom stereocenters. The van der Waals surface area contributed by atoms with Crippen LogP contribution in [0.25, 0.3) is 0 Å². The van der Waals surface area contributed by atoms with Crippen LogP contribution >= 0.6 is 34.8 Å². The lowest BCUT2D eigenvalue weighted by Gasteiger charge is -2.02. The topological polar surface area (TPSA) is 78.0 Å². The van der Waals surface area contributed by atoms with E-state index in [-0.39, 0.29) is 27.9 Å². The van der Waals surface area contributed by atoms with Crippen molar-refractivity contribution in [2.45, 2.75) is 6.54 Å². The molecule has 0 fully saturated rings. The van der Waals surface area contributed by atoms with Crippen LogP contribution in [0, 0.1) is 10.1 Å². The summed E-state index contributed by atoms with van der Waals surface area (Å²) >= 11 is 17.3. The highest BCUT2D eigenvalue weighted by molar-refractivity contribution is 6.36. The van der Waals surface area contributed by atoms with Gasteiger partial charge in [0.05, 0.1) is 16.3 Å². The lowest BCUT2D eigenvalue weighted by molar-refractivity contribution is -0.389. The monoisotopic (exact) mass is 333 g/mol. The lowest BCUT2D eigenvalue weighted by atomic mass is 10.1. The van der Waals surface area contributed by atoms with Gasteiger partial charge in [-0.3, -0.25) is 4.79 Å². The Labute approximate surface area is 128 Å². The maximum atomic E-state index is 12.0. The molecule has 1 aromatic heterocycles. The number of nitro groups is 1. The van der Waals surface area contributed by atoms with Crippen molar-refractivity contribution in [2.75, 3.05) is 0 Å². The minimum Gasteiger partial charge on any atom is -0.358 e. The molecule has 0 aliphatic rings. The van der Waals surface area contributed by atoms with Crippen LogP contribution in [0.15, 0.2) is 24.4 Å². The first kappa shape index (κ1) is 14.8. The van der Waals surface area contributed by atoms with E-state index in [0.29, 0.717) is 5.02 Å². The number of aromatic nitrogens is 2. The summed E-state index contributed by atoms with van der Waals surface area (Å²) < 4.78 is 1.09. The van der Waals surface area contributed by atoms with E-state index in [4.69, 9.17) is 34.8 Å². The number of carbonyl (C=O) groups excluding carboxylic acids is 1. The molecule has 0 bridgehead atoms. The van der Waals surface area contributed by atoms with E-state index in [2.05, 4.69) is 5.10 Å². The minimum atomic E-state index is -0.724. The predicted molar refractivity (Wildman–Crippen MR) is 74.7 cm³/mol. The van der Waals surface area contributed by atoms with Gasteiger partial charge in [0.25, 0.3) is 0 Å². The predicted octanol–water partition coefficient (Wildman–Crippen LogP) is 3.63. The van der Waals surface area contributed by atoms with Crippen LogP contribution in [0.3, 0.4) is 0 Å². The fourth-order valence-corrected chi connectivity index (χ4v) is 2.27. The van der Waals surface area contributed by atoms with Crippen LogP contribution in [0.1, 0.15) is 10.4 Å². The van der Waals surface area contributed by atoms with Gasteiger partial charge in [-0.2, -0.15) is 4.68 Å². The zero-order valence-electron chi connectivity index (χ0n) is 9.72. The van der Waals surface area contributed by atoms with Gasteiger partial charge in [0, 0.05) is 10.6 Å². The first-order valence-electron chi connectivity index (χ1n) is 5.24. The molecular weight excluding hydrogens is 328 g/mol. The summed E-state index contributed by atoms with van der Waals surface area (Å²) in [4.78, 5) is 21.9. The van der Waals surface area contributed by atoms with Gasteiger partial charge in [0.15, 0.2) is 10.8 Å². The van der Waals surface area contributed by atoms with E-state index in [1.807, 2.05) is 0 Å². The normalized spacial score (nSPS) is 10.6. The number of hydrogen-bond acceptors (Lipinski definition) is 4. The molecule has 2 rings (SSSR count). The van der Waals surface area contributed by atoms with Crippen LogP contribution in [-0.4, -0.2) is 20.5 Å². The van der Waals surface area contributed by atoms with E-state index >= 15 is 0 Å². The molecule has 104 valence electrons. The second-order valence-electron chi connectivity index (χ2n) is 3.80. The van der Waals surface area contributed by atoms with Gasteiger partial charge in [0.2, 0.25) is 0 Å². The molecule has 1 aromatic carbocycles. The Kier molecular flexibility index (Phi) is 4.27. The second kappa shape index (κ2) is 5.78. The summed E-state index contributed by atoms with van der Waals surface area (Å²) in [5.41, 5.74) is 0.255. The zero-order chi connectivity index (χ0) is 14.9. The maximum Gasteiger partial charge on any atom is 0.408 e. The molecule has 0 aliphatic heterocycles. The Balaban J connectivity index is 2.23. The van der Waals surface area contributed by atoms with Crippen LogP contribution in [0.2, 0.25) is 15.1 Å². The van der Waals surface area contributed by atoms with Crippen molar-refractivity contribution >= 4 is 46.4 Å². The molecule has 2 aromatic rings. The molecule has 9 heteroatoms. The highest BCUT2D eigenvalue weighted by Crippen LogP contribution is 2.24. The van der Waals surface area contributed by atoms with Gasteiger partial charge in [-0.15, -0.1) is 0 Å². The second-order valence-corrected chi connectivity index (χ2v) is 5.05. The molecule has 0 atom stereocenters. The third-order valence-corrected chi connectivity index (χ3v) is 3.22. The van der Waals surface area contributed by atoms with E-state index < -0.39 is 10.7 Å². The fraction of sp³-hybridized carbons (Fsp3) is 0.0909. The Bertz CT molecular complexity index is 699. The largest absolute Gasteiger partial charge is 0.408 e. The molecule has 0 saturated carbocycles. The summed E-state index contributed by atoms with van der Waals surface area (Å²) in [5.74, 6) is -0.859. The Morgan fingerprint density at radius 1 is 1.30 bits per heavy atom. The van der Waals surface area contributed by atoms with Crippen molar-refractivity contribution in [3.63, 3.8) is 0 Å². The first-order chi connectivity index (χ1) is 9.38. The summed E-state index contributed by atoms with van der Waals surface area (Å²) in [6.07, 6.45) is 1.21. The number of nitrogens with zero attached hydrogens (tertiary/aromatic N) is 3. The quantitative estimate of drug-likeness (QED) is 0.486. The van der Waals surface area contributed by atoms with Crippen molar-refractivity contribution in [1.82, 2.24) is 9.78 Å². The fourth-order valence-electron chi connectivity index (χ4n) is 1.54. The summed E-state index contributed by atoms with van der Waals surface area (Å²) in [7, 11) is 0. The molecule has 0 aliphatic carbocycles. The van der Waals surface area contributed by atoms with Crippen molar-refractivity contribution in [2.24, 2.45) is 0 Å². The highest BCUT2D eigenvalue weighted by atomic mass is 35.5. The van der Waals surface area contributed by atoms with Crippen LogP contribution in [0.4, 0.5) is 5.82 Å². The Morgan fingerprint density at radius 3 is 2.55 bits per heavy atom. The number of rotatable bonds is 4. The van der Waals surface area contributed by atoms with Crippen LogP contribution in [0.5, 0.6) is 0 Å². The number of carbonyl (C=O) groups is 1. The number of benzene rings is 1. The third-order valence-electron chi connectivity index (χ3n) is 2.41. The van der Waals surface area contributed by atoms with Crippen molar-refractivity contribution in [3.8, 4) is 0 Å². The number of hydrogen-bond donors (Lipinski definition) is 0. The number of ketones is 1. The molecular formula is C11H6Cl3N3O3. The Morgan fingerprint density at radius 2 is 2.00 bits per heavy atom. The van der Waals surface area contributed by atoms with E-state index in [1.165, 1.54) is 24.4 Å². The van der Waals surface area contributed by atoms with Crippen LogP contribution in [-0.2, 0) is 6.54 Å². The summed E-state index contributed by atoms with van der Waals surface area (Å²) in [6.45, 7) is -0.213. The molecule has 0 radical (unpaired) electrons. The molecule has 0 saturated heterocycles. The standard InChI is InChI=1S/C11H6Cl3N3O3/c12-6-1-2-7(8(13)3-6)10(18)5-16-4-9(14)11(15-16)17(19)20/h1-4H,5H2. The first-order valence-corrected chi connectivity index (χ1v) is 6.37. The van der Waals surface area contributed by atoms with Crippen molar-refractivity contribution in [1.29, 1.82) is 0 Å². The average molecular weight is 335 g/mol. The van der Waals surface area contributed by atoms with Gasteiger partial charge < -0.3 is 10.1 Å². The Hall–Kier alpha value is -1.63. The van der Waals surface area contributed by atoms with Crippen molar-refractivity contribution in [3.05, 3.63) is 55.1 Å². The SMILES string of the molecule is O=C(Cn1cc(Cl)c([N+](=O)[O-])n1)c1ccc(Cl)cc1Cl. The lowest BCUT2D eigenvalue weighted by Crippen LogP contribution is -2.11. The highest BCUT2D eigenvalue weighted by Gasteiger charge is 2.21. The van der Waals surface area contributed by atoms with E-state index in [9.17, 15) is 14.9 Å². The van der Waals surface area contributed by atoms with Gasteiger partial charge in [-0.1, -0.05) is 34.8 Å². The number of halogens is 3. The van der Waals surface area contributed by atoms with Gasteiger partial charge in [-0.05, 0) is 23.1 Å². The average Bonchev–Trinajstić information content (AvgIpc) is 2.70. The van der Waals surface area contributed by atoms with Gasteiger partial charge in [-0.25, -0.2) is 0 Å². The molecule has 20 heavy (non-hydrogen) atoms. The summed E-state index contributed by atoms with van der Waals surface area (Å²) in [5, 5.41) is 14.7. The third kappa shape index (κ3) is 3.09. The van der Waals surface area contributed by atoms with Gasteiger partial charge >= 0.3 is 5.82 Å². The zero-order valence-corrected chi connectivity index (χ0v) is 12.0. The van der Waals surface area contributed by atoms with Gasteiger partial charge in [0.1, 0.15) is 6.54 Å². The van der Waals surface area contributed by atoms with Crippen LogP contribution < -0.4 is 0 Å². The summed E-state index contributed by atoms with van der Waals surface area (Å²) in [6, 6.07) is 4.45. The molecule has 0 amide bonds. The molecule has 1 heterocycles. The minimum absolute atomic E-state index is 0.134. The molecule has 6 nitrogen and oxygen atoms in total. The number of Topliss-reactive ketones (excluding diaryl/α,β-unsaturated/α-hetero) is 1. The van der Waals surface area contributed by atoms with Crippen molar-refractivity contribution < 1.29 is 9.72 Å². The van der Waals surface area contributed by atoms with E-state index in [0.717, 1.165) is 4.68 Å².